The highest BCUT2D eigenvalue weighted by atomic mass is 16.4. The maximum absolute atomic E-state index is 12.8. The van der Waals surface area contributed by atoms with Gasteiger partial charge in [-0.15, -0.1) is 0 Å². The fraction of sp³-hybridized carbons (Fsp3) is 0.464. The van der Waals surface area contributed by atoms with Crippen molar-refractivity contribution in [2.75, 3.05) is 43.9 Å². The third-order valence-electron chi connectivity index (χ3n) is 7.29. The van der Waals surface area contributed by atoms with Gasteiger partial charge in [-0.05, 0) is 51.5 Å². The van der Waals surface area contributed by atoms with E-state index in [4.69, 9.17) is 5.73 Å². The molecule has 0 aliphatic carbocycles. The highest BCUT2D eigenvalue weighted by molar-refractivity contribution is 5.97. The topological polar surface area (TPSA) is 191 Å². The monoisotopic (exact) mass is 579 g/mol. The van der Waals surface area contributed by atoms with Gasteiger partial charge in [-0.3, -0.25) is 24.3 Å². The van der Waals surface area contributed by atoms with Gasteiger partial charge in [0.25, 0.3) is 11.5 Å². The number of amides is 2. The molecule has 2 amide bonds. The summed E-state index contributed by atoms with van der Waals surface area (Å²) in [7, 11) is 1.81. The maximum Gasteiger partial charge on any atom is 0.326 e. The van der Waals surface area contributed by atoms with Gasteiger partial charge in [0.15, 0.2) is 11.2 Å². The number of nitrogen functional groups attached to an aromatic ring is 1. The molecular formula is C28H37N9O5. The summed E-state index contributed by atoms with van der Waals surface area (Å²) in [5.74, 6) is -1.89. The molecule has 2 aromatic heterocycles. The lowest BCUT2D eigenvalue weighted by molar-refractivity contribution is -0.140. The molecule has 1 atom stereocenters. The summed E-state index contributed by atoms with van der Waals surface area (Å²) in [5, 5.41) is 12.2. The van der Waals surface area contributed by atoms with Crippen molar-refractivity contribution in [3.8, 4) is 0 Å². The molecule has 5 N–H and O–H groups in total. The molecule has 3 heterocycles. The van der Waals surface area contributed by atoms with Crippen molar-refractivity contribution in [3.63, 3.8) is 0 Å². The molecule has 1 aliphatic heterocycles. The van der Waals surface area contributed by atoms with E-state index in [1.165, 1.54) is 6.20 Å². The minimum atomic E-state index is -1.20. The number of hydrogen-bond donors (Lipinski definition) is 4. The molecule has 3 aromatic rings. The van der Waals surface area contributed by atoms with Crippen molar-refractivity contribution in [3.05, 3.63) is 52.1 Å². The first-order valence-electron chi connectivity index (χ1n) is 13.7. The lowest BCUT2D eigenvalue weighted by Crippen LogP contribution is -2.54. The Morgan fingerprint density at radius 2 is 1.79 bits per heavy atom. The number of aromatic nitrogens is 4. The van der Waals surface area contributed by atoms with Crippen LogP contribution in [0.1, 0.15) is 49.7 Å². The van der Waals surface area contributed by atoms with Gasteiger partial charge in [0.2, 0.25) is 11.9 Å². The van der Waals surface area contributed by atoms with Crippen molar-refractivity contribution >= 4 is 40.6 Å². The lowest BCUT2D eigenvalue weighted by atomic mass is 10.0. The number of hydrogen-bond acceptors (Lipinski definition) is 10. The number of piperazine rings is 1. The molecular weight excluding hydrogens is 542 g/mol. The summed E-state index contributed by atoms with van der Waals surface area (Å²) >= 11 is 0. The first kappa shape index (κ1) is 30.4. The number of aromatic amines is 1. The van der Waals surface area contributed by atoms with Gasteiger partial charge in [0.1, 0.15) is 6.04 Å². The molecule has 0 radical (unpaired) electrons. The number of benzene rings is 1. The third kappa shape index (κ3) is 7.37. The van der Waals surface area contributed by atoms with E-state index in [0.717, 1.165) is 18.8 Å². The Balaban J connectivity index is 1.31. The highest BCUT2D eigenvalue weighted by Crippen LogP contribution is 2.18. The van der Waals surface area contributed by atoms with Gasteiger partial charge in [-0.2, -0.15) is 4.98 Å². The van der Waals surface area contributed by atoms with E-state index in [1.54, 1.807) is 29.2 Å². The first-order valence-corrected chi connectivity index (χ1v) is 13.7. The van der Waals surface area contributed by atoms with Crippen LogP contribution in [-0.4, -0.2) is 97.4 Å². The van der Waals surface area contributed by atoms with E-state index >= 15 is 0 Å². The molecule has 14 nitrogen and oxygen atoms in total. The summed E-state index contributed by atoms with van der Waals surface area (Å²) in [6.07, 6.45) is 1.54. The minimum absolute atomic E-state index is 0.00203. The van der Waals surface area contributed by atoms with Gasteiger partial charge < -0.3 is 26.0 Å². The maximum atomic E-state index is 12.8. The van der Waals surface area contributed by atoms with Crippen molar-refractivity contribution in [2.24, 2.45) is 0 Å². The average Bonchev–Trinajstić information content (AvgIpc) is 2.94. The second kappa shape index (κ2) is 12.5. The summed E-state index contributed by atoms with van der Waals surface area (Å²) in [4.78, 5) is 70.3. The Morgan fingerprint density at radius 3 is 2.40 bits per heavy atom. The van der Waals surface area contributed by atoms with Crippen LogP contribution in [0.25, 0.3) is 11.2 Å². The van der Waals surface area contributed by atoms with Gasteiger partial charge in [-0.1, -0.05) is 0 Å². The zero-order valence-corrected chi connectivity index (χ0v) is 24.3. The standard InChI is InChI=1S/C28H37N9O5/c1-28(2,3)37-13-11-36(12-14-37)21(38)10-9-20(26(41)42)32-24(39)17-5-7-19(8-6-17)35(4)16-18-15-30-23-22(31-18)25(40)34-27(29)33-23/h5-8,15,20H,9-14,16H2,1-4H3,(H,32,39)(H,41,42)(H3,29,30,33,34,40)/t20-/m0/s1. The second-order valence-electron chi connectivity index (χ2n) is 11.3. The number of nitrogens with one attached hydrogen (secondary N) is 2. The Labute approximate surface area is 242 Å². The number of carboxylic acids is 1. The van der Waals surface area contributed by atoms with Crippen LogP contribution in [0.3, 0.4) is 0 Å². The molecule has 1 saturated heterocycles. The predicted octanol–water partition coefficient (Wildman–Crippen LogP) is 0.838. The zero-order valence-electron chi connectivity index (χ0n) is 24.3. The molecule has 0 unspecified atom stereocenters. The fourth-order valence-electron chi connectivity index (χ4n) is 4.80. The van der Waals surface area contributed by atoms with Crippen LogP contribution in [0.5, 0.6) is 0 Å². The Bertz CT molecular complexity index is 1510. The van der Waals surface area contributed by atoms with E-state index in [9.17, 15) is 24.3 Å². The van der Waals surface area contributed by atoms with Crippen molar-refractivity contribution in [1.29, 1.82) is 0 Å². The molecule has 1 fully saturated rings. The number of carbonyl (C=O) groups is 3. The van der Waals surface area contributed by atoms with E-state index < -0.39 is 23.5 Å². The lowest BCUT2D eigenvalue weighted by Gasteiger charge is -2.42. The Hall–Kier alpha value is -4.59. The van der Waals surface area contributed by atoms with E-state index in [1.807, 2.05) is 11.9 Å². The van der Waals surface area contributed by atoms with Crippen LogP contribution in [0.4, 0.5) is 11.6 Å². The Morgan fingerprint density at radius 1 is 1.12 bits per heavy atom. The number of H-pyrrole nitrogens is 1. The highest BCUT2D eigenvalue weighted by Gasteiger charge is 2.29. The van der Waals surface area contributed by atoms with E-state index in [2.05, 4.69) is 50.9 Å². The van der Waals surface area contributed by atoms with Crippen LogP contribution in [0.15, 0.2) is 35.3 Å². The molecule has 0 bridgehead atoms. The summed E-state index contributed by atoms with van der Waals surface area (Å²) in [6.45, 7) is 9.45. The quantitative estimate of drug-likeness (QED) is 0.281. The second-order valence-corrected chi connectivity index (χ2v) is 11.3. The fourth-order valence-corrected chi connectivity index (χ4v) is 4.80. The summed E-state index contributed by atoms with van der Waals surface area (Å²) in [5.41, 5.74) is 6.90. The number of carbonyl (C=O) groups excluding carboxylic acids is 2. The number of aliphatic carboxylic acids is 1. The number of fused-ring (bicyclic) bond motifs is 1. The molecule has 0 saturated carbocycles. The van der Waals surface area contributed by atoms with Gasteiger partial charge >= 0.3 is 5.97 Å². The van der Waals surface area contributed by atoms with Gasteiger partial charge in [-0.25, -0.2) is 14.8 Å². The van der Waals surface area contributed by atoms with Crippen molar-refractivity contribution in [2.45, 2.75) is 51.7 Å². The van der Waals surface area contributed by atoms with Gasteiger partial charge in [0, 0.05) is 56.4 Å². The Kier molecular flexibility index (Phi) is 9.05. The van der Waals surface area contributed by atoms with Crippen molar-refractivity contribution < 1.29 is 19.5 Å². The smallest absolute Gasteiger partial charge is 0.326 e. The van der Waals surface area contributed by atoms with E-state index in [-0.39, 0.29) is 47.0 Å². The van der Waals surface area contributed by atoms with Crippen LogP contribution in [0, 0.1) is 0 Å². The minimum Gasteiger partial charge on any atom is -0.480 e. The molecule has 14 heteroatoms. The summed E-state index contributed by atoms with van der Waals surface area (Å²) < 4.78 is 0. The zero-order chi connectivity index (χ0) is 30.6. The third-order valence-corrected chi connectivity index (χ3v) is 7.29. The van der Waals surface area contributed by atoms with Crippen molar-refractivity contribution in [1.82, 2.24) is 35.1 Å². The molecule has 1 aromatic carbocycles. The van der Waals surface area contributed by atoms with E-state index in [0.29, 0.717) is 25.3 Å². The SMILES string of the molecule is CN(Cc1cnc2nc(N)[nH]c(=O)c2n1)c1ccc(C(=O)N[C@@H](CCC(=O)N2CCN(C(C)(C)C)CC2)C(=O)O)cc1. The number of rotatable bonds is 9. The number of nitrogens with two attached hydrogens (primary N) is 1. The largest absolute Gasteiger partial charge is 0.480 e. The molecule has 42 heavy (non-hydrogen) atoms. The van der Waals surface area contributed by atoms with Crippen LogP contribution < -0.4 is 21.5 Å². The van der Waals surface area contributed by atoms with Gasteiger partial charge in [0.05, 0.1) is 18.4 Å². The average molecular weight is 580 g/mol. The number of anilines is 2. The van der Waals surface area contributed by atoms with Crippen LogP contribution in [-0.2, 0) is 16.1 Å². The molecule has 1 aliphatic rings. The summed E-state index contributed by atoms with van der Waals surface area (Å²) in [6, 6.07) is 5.41. The molecule has 0 spiro atoms. The van der Waals surface area contributed by atoms with Crippen LogP contribution in [0.2, 0.25) is 0 Å². The molecule has 4 rings (SSSR count). The normalized spacial score (nSPS) is 14.9. The first-order chi connectivity index (χ1) is 19.8. The van der Waals surface area contributed by atoms with Crippen LogP contribution >= 0.6 is 0 Å². The molecule has 224 valence electrons. The number of carboxylic acid groups (broad SMARTS) is 1. The predicted molar refractivity (Wildman–Crippen MR) is 157 cm³/mol. The number of nitrogens with zero attached hydrogens (tertiary/aromatic N) is 6.